The fourth-order valence-electron chi connectivity index (χ4n) is 3.18. The van der Waals surface area contributed by atoms with Crippen molar-refractivity contribution >= 4 is 17.6 Å². The van der Waals surface area contributed by atoms with Crippen LogP contribution >= 0.6 is 0 Å². The molecule has 2 heterocycles. The summed E-state index contributed by atoms with van der Waals surface area (Å²) in [7, 11) is 0. The van der Waals surface area contributed by atoms with Crippen LogP contribution in [0.3, 0.4) is 0 Å². The second-order valence-electron chi connectivity index (χ2n) is 7.57. The van der Waals surface area contributed by atoms with Gasteiger partial charge in [0.1, 0.15) is 11.4 Å². The summed E-state index contributed by atoms with van der Waals surface area (Å²) >= 11 is 0. The minimum atomic E-state index is -0.581. The van der Waals surface area contributed by atoms with Crippen molar-refractivity contribution in [1.29, 1.82) is 0 Å². The molecule has 1 aromatic heterocycles. The molecule has 5 nitrogen and oxygen atoms in total. The number of nitrogens with zero attached hydrogens (tertiary/aromatic N) is 2. The van der Waals surface area contributed by atoms with Crippen LogP contribution in [-0.4, -0.2) is 23.2 Å². The fourth-order valence-corrected chi connectivity index (χ4v) is 3.18. The van der Waals surface area contributed by atoms with Crippen molar-refractivity contribution < 1.29 is 9.53 Å². The Bertz CT molecular complexity index is 734. The normalized spacial score (nSPS) is 17.6. The van der Waals surface area contributed by atoms with Gasteiger partial charge in [0.25, 0.3) is 0 Å². The SMILES string of the molecule is CC(C)(C)OC(=O)N(c1ccccc1)c1ncccc1[C@H]1CCCCN1. The van der Waals surface area contributed by atoms with Gasteiger partial charge in [-0.25, -0.2) is 14.7 Å². The molecule has 1 amide bonds. The highest BCUT2D eigenvalue weighted by Gasteiger charge is 2.29. The Hall–Kier alpha value is -2.40. The molecule has 0 unspecified atom stereocenters. The molecule has 0 saturated carbocycles. The Kier molecular flexibility index (Phi) is 5.57. The van der Waals surface area contributed by atoms with Gasteiger partial charge in [0, 0.05) is 17.8 Å². The molecule has 1 aliphatic heterocycles. The molecule has 1 atom stereocenters. The average Bonchev–Trinajstić information content (AvgIpc) is 2.62. The highest BCUT2D eigenvalue weighted by molar-refractivity contribution is 5.96. The lowest BCUT2D eigenvalue weighted by Crippen LogP contribution is -2.36. The Balaban J connectivity index is 2.03. The zero-order valence-electron chi connectivity index (χ0n) is 15.7. The van der Waals surface area contributed by atoms with E-state index in [1.165, 1.54) is 12.8 Å². The minimum Gasteiger partial charge on any atom is -0.443 e. The summed E-state index contributed by atoms with van der Waals surface area (Å²) < 4.78 is 5.68. The molecule has 1 aromatic carbocycles. The third-order valence-electron chi connectivity index (χ3n) is 4.30. The molecule has 3 rings (SSSR count). The van der Waals surface area contributed by atoms with Crippen LogP contribution in [0.1, 0.15) is 51.6 Å². The van der Waals surface area contributed by atoms with E-state index in [-0.39, 0.29) is 6.04 Å². The number of piperidine rings is 1. The monoisotopic (exact) mass is 353 g/mol. The van der Waals surface area contributed by atoms with Gasteiger partial charge < -0.3 is 10.1 Å². The Morgan fingerprint density at radius 3 is 2.58 bits per heavy atom. The van der Waals surface area contributed by atoms with Crippen molar-refractivity contribution in [2.75, 3.05) is 11.4 Å². The largest absolute Gasteiger partial charge is 0.443 e. The molecule has 0 spiro atoms. The lowest BCUT2D eigenvalue weighted by molar-refractivity contribution is 0.0598. The smallest absolute Gasteiger partial charge is 0.420 e. The number of hydrogen-bond donors (Lipinski definition) is 1. The van der Waals surface area contributed by atoms with Crippen molar-refractivity contribution in [3.05, 3.63) is 54.2 Å². The van der Waals surface area contributed by atoms with E-state index in [2.05, 4.69) is 10.3 Å². The topological polar surface area (TPSA) is 54.5 Å². The summed E-state index contributed by atoms with van der Waals surface area (Å²) in [5.41, 5.74) is 1.20. The average molecular weight is 353 g/mol. The van der Waals surface area contributed by atoms with E-state index >= 15 is 0 Å². The summed E-state index contributed by atoms with van der Waals surface area (Å²) in [6.45, 7) is 6.60. The van der Waals surface area contributed by atoms with Gasteiger partial charge in [0.05, 0.1) is 5.69 Å². The number of ether oxygens (including phenoxy) is 1. The number of hydrogen-bond acceptors (Lipinski definition) is 4. The molecule has 0 aliphatic carbocycles. The maximum atomic E-state index is 13.0. The van der Waals surface area contributed by atoms with E-state index in [4.69, 9.17) is 4.74 Å². The number of carbonyl (C=O) groups excluding carboxylic acids is 1. The molecule has 5 heteroatoms. The van der Waals surface area contributed by atoms with Gasteiger partial charge in [-0.15, -0.1) is 0 Å². The van der Waals surface area contributed by atoms with Crippen LogP contribution in [0.2, 0.25) is 0 Å². The van der Waals surface area contributed by atoms with E-state index < -0.39 is 11.7 Å². The first-order valence-corrected chi connectivity index (χ1v) is 9.22. The van der Waals surface area contributed by atoms with Crippen molar-refractivity contribution in [2.24, 2.45) is 0 Å². The van der Waals surface area contributed by atoms with Crippen LogP contribution in [0.25, 0.3) is 0 Å². The quantitative estimate of drug-likeness (QED) is 0.846. The number of benzene rings is 1. The molecule has 138 valence electrons. The molecule has 1 N–H and O–H groups in total. The maximum Gasteiger partial charge on any atom is 0.420 e. The van der Waals surface area contributed by atoms with Crippen molar-refractivity contribution in [3.63, 3.8) is 0 Å². The van der Waals surface area contributed by atoms with Crippen molar-refractivity contribution in [1.82, 2.24) is 10.3 Å². The summed E-state index contributed by atoms with van der Waals surface area (Å²) in [6, 6.07) is 13.7. The predicted molar refractivity (Wildman–Crippen MR) is 104 cm³/mol. The zero-order valence-corrected chi connectivity index (χ0v) is 15.7. The highest BCUT2D eigenvalue weighted by atomic mass is 16.6. The standard InChI is InChI=1S/C21H27N3O2/c1-21(2,3)26-20(25)24(16-10-5-4-6-11-16)19-17(12-9-15-23-19)18-13-7-8-14-22-18/h4-6,9-12,15,18,22H,7-8,13-14H2,1-3H3/t18-/m1/s1. The summed E-state index contributed by atoms with van der Waals surface area (Å²) in [4.78, 5) is 19.2. The Labute approximate surface area is 155 Å². The number of nitrogens with one attached hydrogen (secondary N) is 1. The second kappa shape index (κ2) is 7.87. The van der Waals surface area contributed by atoms with Gasteiger partial charge in [0.15, 0.2) is 0 Å². The van der Waals surface area contributed by atoms with Gasteiger partial charge in [-0.05, 0) is 58.4 Å². The number of pyridine rings is 1. The van der Waals surface area contributed by atoms with E-state index in [9.17, 15) is 4.79 Å². The summed E-state index contributed by atoms with van der Waals surface area (Å²) in [5.74, 6) is 0.632. The van der Waals surface area contributed by atoms with Crippen LogP contribution < -0.4 is 10.2 Å². The molecule has 1 aliphatic rings. The second-order valence-corrected chi connectivity index (χ2v) is 7.57. The van der Waals surface area contributed by atoms with Crippen LogP contribution in [0, 0.1) is 0 Å². The van der Waals surface area contributed by atoms with Gasteiger partial charge in [-0.2, -0.15) is 0 Å². The summed E-state index contributed by atoms with van der Waals surface area (Å²) in [5, 5.41) is 3.55. The molecule has 1 saturated heterocycles. The van der Waals surface area contributed by atoms with E-state index in [1.807, 2.05) is 63.2 Å². The lowest BCUT2D eigenvalue weighted by Gasteiger charge is -2.31. The highest BCUT2D eigenvalue weighted by Crippen LogP contribution is 2.34. The number of rotatable bonds is 3. The number of amides is 1. The first kappa shape index (κ1) is 18.4. The van der Waals surface area contributed by atoms with Crippen molar-refractivity contribution in [2.45, 2.75) is 51.7 Å². The molecular weight excluding hydrogens is 326 g/mol. The van der Waals surface area contributed by atoms with Crippen LogP contribution in [0.15, 0.2) is 48.7 Å². The number of carbonyl (C=O) groups is 1. The molecular formula is C21H27N3O2. The summed E-state index contributed by atoms with van der Waals surface area (Å²) in [6.07, 6.45) is 4.70. The first-order valence-electron chi connectivity index (χ1n) is 9.22. The Morgan fingerprint density at radius 1 is 1.15 bits per heavy atom. The zero-order chi connectivity index (χ0) is 18.6. The molecule has 0 radical (unpaired) electrons. The third-order valence-corrected chi connectivity index (χ3v) is 4.30. The van der Waals surface area contributed by atoms with Crippen LogP contribution in [-0.2, 0) is 4.74 Å². The molecule has 1 fully saturated rings. The Morgan fingerprint density at radius 2 is 1.92 bits per heavy atom. The van der Waals surface area contributed by atoms with Crippen LogP contribution in [0.4, 0.5) is 16.3 Å². The first-order chi connectivity index (χ1) is 12.5. The third kappa shape index (κ3) is 4.41. The van der Waals surface area contributed by atoms with E-state index in [0.29, 0.717) is 5.82 Å². The molecule has 26 heavy (non-hydrogen) atoms. The van der Waals surface area contributed by atoms with Crippen LogP contribution in [0.5, 0.6) is 0 Å². The van der Waals surface area contributed by atoms with Gasteiger partial charge in [0.2, 0.25) is 0 Å². The minimum absolute atomic E-state index is 0.195. The molecule has 0 bridgehead atoms. The van der Waals surface area contributed by atoms with Gasteiger partial charge in [-0.3, -0.25) is 0 Å². The number of aromatic nitrogens is 1. The van der Waals surface area contributed by atoms with E-state index in [0.717, 1.165) is 24.2 Å². The maximum absolute atomic E-state index is 13.0. The number of anilines is 2. The number of para-hydroxylation sites is 1. The van der Waals surface area contributed by atoms with E-state index in [1.54, 1.807) is 11.1 Å². The van der Waals surface area contributed by atoms with Gasteiger partial charge in [-0.1, -0.05) is 30.7 Å². The molecule has 2 aromatic rings. The predicted octanol–water partition coefficient (Wildman–Crippen LogP) is 4.97. The lowest BCUT2D eigenvalue weighted by atomic mass is 9.97. The van der Waals surface area contributed by atoms with Crippen molar-refractivity contribution in [3.8, 4) is 0 Å². The fraction of sp³-hybridized carbons (Fsp3) is 0.429. The van der Waals surface area contributed by atoms with Gasteiger partial charge >= 0.3 is 6.09 Å².